The molecule has 3 nitrogen and oxygen atoms in total. The molecule has 0 aliphatic carbocycles. The van der Waals surface area contributed by atoms with Crippen molar-refractivity contribution in [2.45, 2.75) is 12.5 Å². The van der Waals surface area contributed by atoms with E-state index in [0.29, 0.717) is 0 Å². The minimum atomic E-state index is -0.264. The van der Waals surface area contributed by atoms with Gasteiger partial charge in [0.25, 0.3) is 0 Å². The van der Waals surface area contributed by atoms with Gasteiger partial charge in [-0.1, -0.05) is 0 Å². The second-order valence-electron chi connectivity index (χ2n) is 2.61. The highest BCUT2D eigenvalue weighted by Gasteiger charge is 2.24. The van der Waals surface area contributed by atoms with Crippen LogP contribution < -0.4 is 5.32 Å². The van der Waals surface area contributed by atoms with Crippen LogP contribution in [0.5, 0.6) is 0 Å². The molecule has 1 aliphatic heterocycles. The van der Waals surface area contributed by atoms with Crippen LogP contribution in [0, 0.1) is 5.92 Å². The van der Waals surface area contributed by atoms with Crippen molar-refractivity contribution in [3.8, 4) is 0 Å². The maximum absolute atomic E-state index is 9.19. The van der Waals surface area contributed by atoms with E-state index in [1.54, 1.807) is 0 Å². The molecule has 9 heavy (non-hydrogen) atoms. The predicted octanol–water partition coefficient (Wildman–Crippen LogP) is -2.08. The lowest BCUT2D eigenvalue weighted by Gasteiger charge is -2.23. The Kier molecular flexibility index (Phi) is 2.45. The van der Waals surface area contributed by atoms with Gasteiger partial charge in [0.15, 0.2) is 0 Å². The first-order valence-electron chi connectivity index (χ1n) is 3.45. The van der Waals surface area contributed by atoms with E-state index in [1.165, 1.54) is 0 Å². The Hall–Kier alpha value is -0.120. The van der Waals surface area contributed by atoms with Crippen molar-refractivity contribution in [1.29, 1.82) is 0 Å². The van der Waals surface area contributed by atoms with Gasteiger partial charge in [-0.05, 0) is 0 Å². The van der Waals surface area contributed by atoms with Gasteiger partial charge in [0.05, 0.1) is 31.7 Å². The SMILES string of the molecule is OC[C@H]1C[NH2+]CC[C@@H]1O. The quantitative estimate of drug-likeness (QED) is 0.383. The highest BCUT2D eigenvalue weighted by atomic mass is 16.3. The summed E-state index contributed by atoms with van der Waals surface area (Å²) in [5, 5.41) is 20.0. The fourth-order valence-corrected chi connectivity index (χ4v) is 1.21. The van der Waals surface area contributed by atoms with Crippen LogP contribution in [0.4, 0.5) is 0 Å². The molecule has 54 valence electrons. The normalized spacial score (nSPS) is 36.7. The molecule has 0 spiro atoms. The Morgan fingerprint density at radius 2 is 2.33 bits per heavy atom. The number of hydrogen-bond acceptors (Lipinski definition) is 2. The number of quaternary nitrogens is 1. The Balaban J connectivity index is 2.30. The average Bonchev–Trinajstić information content (AvgIpc) is 1.89. The molecule has 3 heteroatoms. The van der Waals surface area contributed by atoms with Crippen LogP contribution in [0.3, 0.4) is 0 Å². The molecule has 1 rings (SSSR count). The van der Waals surface area contributed by atoms with Crippen molar-refractivity contribution in [3.63, 3.8) is 0 Å². The maximum Gasteiger partial charge on any atom is 0.0831 e. The second-order valence-corrected chi connectivity index (χ2v) is 2.61. The van der Waals surface area contributed by atoms with Crippen LogP contribution >= 0.6 is 0 Å². The molecule has 0 unspecified atom stereocenters. The van der Waals surface area contributed by atoms with Crippen molar-refractivity contribution in [2.75, 3.05) is 19.7 Å². The van der Waals surface area contributed by atoms with E-state index in [4.69, 9.17) is 5.11 Å². The molecule has 1 heterocycles. The van der Waals surface area contributed by atoms with Gasteiger partial charge < -0.3 is 15.5 Å². The van der Waals surface area contributed by atoms with Gasteiger partial charge in [-0.2, -0.15) is 0 Å². The topological polar surface area (TPSA) is 57.1 Å². The minimum Gasteiger partial charge on any atom is -0.396 e. The zero-order chi connectivity index (χ0) is 6.69. The second kappa shape index (κ2) is 3.15. The zero-order valence-electron chi connectivity index (χ0n) is 5.45. The summed E-state index contributed by atoms with van der Waals surface area (Å²) in [5.41, 5.74) is 0. The molecule has 0 aromatic carbocycles. The fraction of sp³-hybridized carbons (Fsp3) is 1.00. The van der Waals surface area contributed by atoms with Crippen molar-refractivity contribution in [1.82, 2.24) is 0 Å². The van der Waals surface area contributed by atoms with Crippen molar-refractivity contribution in [3.05, 3.63) is 0 Å². The number of nitrogens with two attached hydrogens (primary N) is 1. The number of piperidine rings is 1. The summed E-state index contributed by atoms with van der Waals surface area (Å²) < 4.78 is 0. The number of hydrogen-bond donors (Lipinski definition) is 3. The van der Waals surface area contributed by atoms with E-state index < -0.39 is 0 Å². The first kappa shape index (κ1) is 6.99. The molecule has 2 atom stereocenters. The van der Waals surface area contributed by atoms with E-state index in [9.17, 15) is 5.11 Å². The molecule has 0 aromatic rings. The van der Waals surface area contributed by atoms with E-state index >= 15 is 0 Å². The number of rotatable bonds is 1. The van der Waals surface area contributed by atoms with Gasteiger partial charge in [-0.25, -0.2) is 0 Å². The Labute approximate surface area is 54.7 Å². The maximum atomic E-state index is 9.19. The molecule has 1 saturated heterocycles. The van der Waals surface area contributed by atoms with Gasteiger partial charge in [-0.15, -0.1) is 0 Å². The summed E-state index contributed by atoms with van der Waals surface area (Å²) in [5.74, 6) is 0.110. The molecule has 4 N–H and O–H groups in total. The van der Waals surface area contributed by atoms with E-state index in [0.717, 1.165) is 19.5 Å². The minimum absolute atomic E-state index is 0.110. The predicted molar refractivity (Wildman–Crippen MR) is 32.9 cm³/mol. The van der Waals surface area contributed by atoms with Gasteiger partial charge in [0.2, 0.25) is 0 Å². The van der Waals surface area contributed by atoms with Crippen LogP contribution in [-0.2, 0) is 0 Å². The van der Waals surface area contributed by atoms with Crippen molar-refractivity contribution < 1.29 is 15.5 Å². The summed E-state index contributed by atoms with van der Waals surface area (Å²) in [6.45, 7) is 1.99. The standard InChI is InChI=1S/C6H13NO2/c8-4-5-3-7-2-1-6(5)9/h5-9H,1-4H2/p+1/t5-,6+/m1/s1. The van der Waals surface area contributed by atoms with Crippen LogP contribution in [0.15, 0.2) is 0 Å². The smallest absolute Gasteiger partial charge is 0.0831 e. The summed E-state index contributed by atoms with van der Waals surface area (Å²) in [7, 11) is 0. The Morgan fingerprint density at radius 1 is 1.56 bits per heavy atom. The average molecular weight is 132 g/mol. The molecule has 0 saturated carbocycles. The van der Waals surface area contributed by atoms with E-state index in [-0.39, 0.29) is 18.6 Å². The summed E-state index contributed by atoms with van der Waals surface area (Å²) in [4.78, 5) is 0. The Morgan fingerprint density at radius 3 is 2.78 bits per heavy atom. The Bertz CT molecular complexity index is 87.1. The van der Waals surface area contributed by atoms with Crippen LogP contribution in [0.25, 0.3) is 0 Å². The lowest BCUT2D eigenvalue weighted by molar-refractivity contribution is -0.672. The highest BCUT2D eigenvalue weighted by molar-refractivity contribution is 4.68. The lowest BCUT2D eigenvalue weighted by Crippen LogP contribution is -2.89. The molecule has 0 amide bonds. The molecule has 1 aliphatic rings. The molecule has 0 aromatic heterocycles. The summed E-state index contributed by atoms with van der Waals surface area (Å²) >= 11 is 0. The summed E-state index contributed by atoms with van der Waals surface area (Å²) in [6, 6.07) is 0. The zero-order valence-corrected chi connectivity index (χ0v) is 5.45. The van der Waals surface area contributed by atoms with Crippen molar-refractivity contribution >= 4 is 0 Å². The molecular formula is C6H14NO2+. The monoisotopic (exact) mass is 132 g/mol. The highest BCUT2D eigenvalue weighted by Crippen LogP contribution is 2.05. The van der Waals surface area contributed by atoms with Gasteiger partial charge in [-0.3, -0.25) is 0 Å². The third-order valence-corrected chi connectivity index (χ3v) is 1.91. The number of aliphatic hydroxyl groups excluding tert-OH is 2. The third kappa shape index (κ3) is 1.64. The van der Waals surface area contributed by atoms with Gasteiger partial charge in [0, 0.05) is 6.42 Å². The molecular weight excluding hydrogens is 118 g/mol. The lowest BCUT2D eigenvalue weighted by atomic mass is 9.97. The van der Waals surface area contributed by atoms with Crippen LogP contribution in [0.1, 0.15) is 6.42 Å². The third-order valence-electron chi connectivity index (χ3n) is 1.91. The largest absolute Gasteiger partial charge is 0.396 e. The van der Waals surface area contributed by atoms with E-state index in [1.807, 2.05) is 0 Å². The first-order valence-corrected chi connectivity index (χ1v) is 3.45. The van der Waals surface area contributed by atoms with Crippen molar-refractivity contribution in [2.24, 2.45) is 5.92 Å². The molecule has 1 fully saturated rings. The van der Waals surface area contributed by atoms with Gasteiger partial charge >= 0.3 is 0 Å². The first-order chi connectivity index (χ1) is 4.34. The van der Waals surface area contributed by atoms with Crippen LogP contribution in [0.2, 0.25) is 0 Å². The van der Waals surface area contributed by atoms with Gasteiger partial charge in [0.1, 0.15) is 0 Å². The fourth-order valence-electron chi connectivity index (χ4n) is 1.21. The molecule has 0 radical (unpaired) electrons. The van der Waals surface area contributed by atoms with Crippen LogP contribution in [-0.4, -0.2) is 36.0 Å². The molecule has 0 bridgehead atoms. The number of aliphatic hydroxyl groups is 2. The van der Waals surface area contributed by atoms with E-state index in [2.05, 4.69) is 5.32 Å². The summed E-state index contributed by atoms with van der Waals surface area (Å²) in [6.07, 6.45) is 0.561.